The van der Waals surface area contributed by atoms with E-state index in [1.807, 2.05) is 6.92 Å². The molecule has 2 heterocycles. The Hall–Kier alpha value is -2.68. The highest BCUT2D eigenvalue weighted by atomic mass is 32.2. The number of hydrogen-bond acceptors (Lipinski definition) is 6. The normalized spacial score (nSPS) is 14.7. The molecule has 0 N–H and O–H groups in total. The zero-order valence-corrected chi connectivity index (χ0v) is 15.9. The van der Waals surface area contributed by atoms with E-state index in [1.165, 1.54) is 6.07 Å². The van der Waals surface area contributed by atoms with Crippen molar-refractivity contribution in [2.45, 2.75) is 25.3 Å². The standard InChI is InChI=1S/C17H20N4O4S/c1-11-14(12(2)25-18-11)9-20(3)16(22)10-21(4)17-13-7-5-6-8-15(13)26(23,24)19-17/h5-8H,9-10H2,1-4H3. The second-order valence-electron chi connectivity index (χ2n) is 6.29. The predicted molar refractivity (Wildman–Crippen MR) is 95.2 cm³/mol. The maximum Gasteiger partial charge on any atom is 0.285 e. The lowest BCUT2D eigenvalue weighted by Gasteiger charge is -2.23. The second-order valence-corrected chi connectivity index (χ2v) is 7.87. The van der Waals surface area contributed by atoms with Gasteiger partial charge in [0.25, 0.3) is 10.0 Å². The molecule has 0 saturated carbocycles. The van der Waals surface area contributed by atoms with E-state index in [0.29, 0.717) is 17.9 Å². The molecule has 0 saturated heterocycles. The van der Waals surface area contributed by atoms with Crippen LogP contribution in [0.15, 0.2) is 38.1 Å². The lowest BCUT2D eigenvalue weighted by atomic mass is 10.2. The number of aryl methyl sites for hydroxylation is 2. The lowest BCUT2D eigenvalue weighted by Crippen LogP contribution is -2.39. The average molecular weight is 376 g/mol. The molecule has 1 aromatic carbocycles. The van der Waals surface area contributed by atoms with Gasteiger partial charge in [0.15, 0.2) is 5.84 Å². The molecule has 0 radical (unpaired) electrons. The Morgan fingerprint density at radius 3 is 2.54 bits per heavy atom. The van der Waals surface area contributed by atoms with Gasteiger partial charge in [0.2, 0.25) is 5.91 Å². The summed E-state index contributed by atoms with van der Waals surface area (Å²) in [7, 11) is -0.373. The van der Waals surface area contributed by atoms with E-state index in [9.17, 15) is 13.2 Å². The third-order valence-electron chi connectivity index (χ3n) is 4.35. The zero-order chi connectivity index (χ0) is 19.1. The number of benzene rings is 1. The van der Waals surface area contributed by atoms with Crippen LogP contribution >= 0.6 is 0 Å². The SMILES string of the molecule is Cc1noc(C)c1CN(C)C(=O)CN(C)C1=NS(=O)(=O)c2ccccc21. The van der Waals surface area contributed by atoms with Crippen molar-refractivity contribution in [1.29, 1.82) is 0 Å². The molecule has 0 aliphatic carbocycles. The van der Waals surface area contributed by atoms with Crippen LogP contribution in [0, 0.1) is 13.8 Å². The molecule has 0 fully saturated rings. The number of nitrogens with zero attached hydrogens (tertiary/aromatic N) is 4. The van der Waals surface area contributed by atoms with Gasteiger partial charge in [-0.1, -0.05) is 17.3 Å². The van der Waals surface area contributed by atoms with E-state index in [-0.39, 0.29) is 23.2 Å². The molecule has 2 aromatic rings. The van der Waals surface area contributed by atoms with E-state index < -0.39 is 10.0 Å². The third kappa shape index (κ3) is 3.22. The molecule has 3 rings (SSSR count). The van der Waals surface area contributed by atoms with Crippen molar-refractivity contribution in [2.75, 3.05) is 20.6 Å². The first-order valence-corrected chi connectivity index (χ1v) is 9.46. The number of hydrogen-bond donors (Lipinski definition) is 0. The Morgan fingerprint density at radius 2 is 1.88 bits per heavy atom. The minimum absolute atomic E-state index is 0.00254. The number of carbonyl (C=O) groups excluding carboxylic acids is 1. The summed E-state index contributed by atoms with van der Waals surface area (Å²) < 4.78 is 33.2. The maximum atomic E-state index is 12.6. The van der Waals surface area contributed by atoms with Gasteiger partial charge in [0.05, 0.1) is 18.8 Å². The van der Waals surface area contributed by atoms with Gasteiger partial charge in [-0.2, -0.15) is 8.42 Å². The van der Waals surface area contributed by atoms with Gasteiger partial charge >= 0.3 is 0 Å². The largest absolute Gasteiger partial charge is 0.361 e. The number of likely N-dealkylation sites (N-methyl/N-ethyl adjacent to an activating group) is 2. The first-order chi connectivity index (χ1) is 12.2. The number of aromatic nitrogens is 1. The van der Waals surface area contributed by atoms with E-state index in [1.54, 1.807) is 49.0 Å². The van der Waals surface area contributed by atoms with Crippen molar-refractivity contribution in [1.82, 2.24) is 15.0 Å². The van der Waals surface area contributed by atoms with Crippen LogP contribution in [0.1, 0.15) is 22.6 Å². The Labute approximate surface area is 152 Å². The van der Waals surface area contributed by atoms with Gasteiger partial charge in [0.1, 0.15) is 10.7 Å². The molecule has 1 aliphatic rings. The summed E-state index contributed by atoms with van der Waals surface area (Å²) in [6.45, 7) is 4.00. The van der Waals surface area contributed by atoms with Gasteiger partial charge in [-0.25, -0.2) is 0 Å². The Kier molecular flexibility index (Phi) is 4.57. The minimum atomic E-state index is -3.71. The van der Waals surface area contributed by atoms with Gasteiger partial charge in [-0.05, 0) is 26.0 Å². The van der Waals surface area contributed by atoms with Gasteiger partial charge in [0, 0.05) is 25.2 Å². The Bertz CT molecular complexity index is 974. The van der Waals surface area contributed by atoms with Crippen LogP contribution in [0.4, 0.5) is 0 Å². The fourth-order valence-corrected chi connectivity index (χ4v) is 4.07. The number of sulfonamides is 1. The molecule has 0 spiro atoms. The van der Waals surface area contributed by atoms with Crippen LogP contribution in [-0.2, 0) is 21.4 Å². The highest BCUT2D eigenvalue weighted by Crippen LogP contribution is 2.27. The van der Waals surface area contributed by atoms with Crippen LogP contribution in [0.2, 0.25) is 0 Å². The number of amides is 1. The summed E-state index contributed by atoms with van der Waals surface area (Å²) in [6, 6.07) is 6.60. The first kappa shape index (κ1) is 18.1. The topological polar surface area (TPSA) is 96.1 Å². The summed E-state index contributed by atoms with van der Waals surface area (Å²) in [6.07, 6.45) is 0. The van der Waals surface area contributed by atoms with Crippen molar-refractivity contribution >= 4 is 21.8 Å². The van der Waals surface area contributed by atoms with Crippen LogP contribution in [0.25, 0.3) is 0 Å². The van der Waals surface area contributed by atoms with Crippen molar-refractivity contribution < 1.29 is 17.7 Å². The summed E-state index contributed by atoms with van der Waals surface area (Å²) in [5.74, 6) is 0.785. The highest BCUT2D eigenvalue weighted by Gasteiger charge is 2.31. The number of amidine groups is 1. The molecule has 26 heavy (non-hydrogen) atoms. The van der Waals surface area contributed by atoms with Crippen LogP contribution in [-0.4, -0.2) is 55.8 Å². The Balaban J connectivity index is 1.74. The molecule has 8 nitrogen and oxygen atoms in total. The minimum Gasteiger partial charge on any atom is -0.361 e. The molecule has 1 amide bonds. The Morgan fingerprint density at radius 1 is 1.19 bits per heavy atom. The third-order valence-corrected chi connectivity index (χ3v) is 5.67. The van der Waals surface area contributed by atoms with Crippen LogP contribution in [0.5, 0.6) is 0 Å². The molecule has 9 heteroatoms. The number of fused-ring (bicyclic) bond motifs is 1. The molecule has 1 aromatic heterocycles. The predicted octanol–water partition coefficient (Wildman–Crippen LogP) is 1.33. The lowest BCUT2D eigenvalue weighted by molar-refractivity contribution is -0.130. The smallest absolute Gasteiger partial charge is 0.285 e. The first-order valence-electron chi connectivity index (χ1n) is 8.02. The van der Waals surface area contributed by atoms with Crippen molar-refractivity contribution in [2.24, 2.45) is 4.40 Å². The van der Waals surface area contributed by atoms with Crippen LogP contribution < -0.4 is 0 Å². The van der Waals surface area contributed by atoms with Crippen molar-refractivity contribution in [3.8, 4) is 0 Å². The summed E-state index contributed by atoms with van der Waals surface area (Å²) in [5.41, 5.74) is 2.13. The molecule has 1 aliphatic heterocycles. The molecule has 0 bridgehead atoms. The average Bonchev–Trinajstić information content (AvgIpc) is 3.06. The monoisotopic (exact) mass is 376 g/mol. The van der Waals surface area contributed by atoms with Crippen molar-refractivity contribution in [3.05, 3.63) is 46.8 Å². The van der Waals surface area contributed by atoms with Crippen molar-refractivity contribution in [3.63, 3.8) is 0 Å². The van der Waals surface area contributed by atoms with E-state index in [2.05, 4.69) is 9.55 Å². The number of rotatable bonds is 4. The quantitative estimate of drug-likeness (QED) is 0.799. The molecular formula is C17H20N4O4S. The fraction of sp³-hybridized carbons (Fsp3) is 0.353. The highest BCUT2D eigenvalue weighted by molar-refractivity contribution is 7.90. The number of carbonyl (C=O) groups is 1. The zero-order valence-electron chi connectivity index (χ0n) is 15.1. The molecule has 0 unspecified atom stereocenters. The second kappa shape index (κ2) is 6.56. The van der Waals surface area contributed by atoms with E-state index in [0.717, 1.165) is 11.3 Å². The summed E-state index contributed by atoms with van der Waals surface area (Å²) in [5, 5.41) is 3.88. The summed E-state index contributed by atoms with van der Waals surface area (Å²) >= 11 is 0. The van der Waals surface area contributed by atoms with E-state index >= 15 is 0 Å². The van der Waals surface area contributed by atoms with Gasteiger partial charge in [-0.15, -0.1) is 4.40 Å². The maximum absolute atomic E-state index is 12.6. The summed E-state index contributed by atoms with van der Waals surface area (Å²) in [4.78, 5) is 15.8. The van der Waals surface area contributed by atoms with Gasteiger partial charge in [-0.3, -0.25) is 4.79 Å². The fourth-order valence-electron chi connectivity index (χ4n) is 2.82. The van der Waals surface area contributed by atoms with E-state index in [4.69, 9.17) is 4.52 Å². The van der Waals surface area contributed by atoms with Gasteiger partial charge < -0.3 is 14.3 Å². The molecule has 138 valence electrons. The molecule has 0 atom stereocenters. The molecular weight excluding hydrogens is 356 g/mol. The van der Waals surface area contributed by atoms with Crippen LogP contribution in [0.3, 0.4) is 0 Å².